The van der Waals surface area contributed by atoms with Gasteiger partial charge in [0.25, 0.3) is 0 Å². The number of rotatable bonds is 6. The Bertz CT molecular complexity index is 533. The maximum absolute atomic E-state index is 13.1. The summed E-state index contributed by atoms with van der Waals surface area (Å²) in [6.45, 7) is 6.63. The van der Waals surface area contributed by atoms with Crippen LogP contribution in [0, 0.1) is 11.7 Å². The lowest BCUT2D eigenvalue weighted by Gasteiger charge is -2.13. The van der Waals surface area contributed by atoms with Crippen LogP contribution in [0.15, 0.2) is 18.2 Å². The van der Waals surface area contributed by atoms with E-state index in [4.69, 9.17) is 0 Å². The minimum Gasteiger partial charge on any atom is -0.353 e. The van der Waals surface area contributed by atoms with E-state index in [1.807, 2.05) is 0 Å². The number of imidazole rings is 1. The molecule has 2 N–H and O–H groups in total. The second-order valence-corrected chi connectivity index (χ2v) is 5.62. The van der Waals surface area contributed by atoms with Gasteiger partial charge in [-0.05, 0) is 37.5 Å². The quantitative estimate of drug-likeness (QED) is 0.814. The summed E-state index contributed by atoms with van der Waals surface area (Å²) in [5, 5.41) is 3.34. The maximum atomic E-state index is 13.1. The predicted molar refractivity (Wildman–Crippen MR) is 77.8 cm³/mol. The van der Waals surface area contributed by atoms with Crippen LogP contribution < -0.4 is 5.32 Å². The van der Waals surface area contributed by atoms with Gasteiger partial charge in [-0.25, -0.2) is 9.37 Å². The topological polar surface area (TPSA) is 40.7 Å². The van der Waals surface area contributed by atoms with E-state index in [9.17, 15) is 4.39 Å². The standard InChI is InChI=1S/C15H22FN3/c1-10(2)5-4-6-11(3)17-15-18-13-8-7-12(16)9-14(13)19-15/h7-11H,4-6H2,1-3H3,(H2,17,18,19). The largest absolute Gasteiger partial charge is 0.353 e. The number of hydrogen-bond donors (Lipinski definition) is 2. The van der Waals surface area contributed by atoms with Crippen molar-refractivity contribution in [2.24, 2.45) is 5.92 Å². The van der Waals surface area contributed by atoms with Gasteiger partial charge in [0, 0.05) is 6.04 Å². The van der Waals surface area contributed by atoms with Crippen molar-refractivity contribution in [3.8, 4) is 0 Å². The first-order chi connectivity index (χ1) is 9.04. The lowest BCUT2D eigenvalue weighted by Crippen LogP contribution is -2.16. The summed E-state index contributed by atoms with van der Waals surface area (Å²) in [5.41, 5.74) is 1.52. The second kappa shape index (κ2) is 6.04. The van der Waals surface area contributed by atoms with E-state index >= 15 is 0 Å². The van der Waals surface area contributed by atoms with Crippen molar-refractivity contribution >= 4 is 17.0 Å². The van der Waals surface area contributed by atoms with E-state index in [0.717, 1.165) is 29.3 Å². The Kier molecular flexibility index (Phi) is 4.40. The molecule has 0 saturated carbocycles. The Labute approximate surface area is 113 Å². The molecule has 3 nitrogen and oxygen atoms in total. The molecule has 0 fully saturated rings. The van der Waals surface area contributed by atoms with Crippen molar-refractivity contribution in [2.75, 3.05) is 5.32 Å². The van der Waals surface area contributed by atoms with Crippen LogP contribution in [0.4, 0.5) is 10.3 Å². The molecule has 0 amide bonds. The van der Waals surface area contributed by atoms with Gasteiger partial charge < -0.3 is 10.3 Å². The molecule has 1 aromatic carbocycles. The summed E-state index contributed by atoms with van der Waals surface area (Å²) in [7, 11) is 0. The van der Waals surface area contributed by atoms with E-state index in [1.165, 1.54) is 25.0 Å². The first-order valence-electron chi connectivity index (χ1n) is 6.96. The summed E-state index contributed by atoms with van der Waals surface area (Å²) < 4.78 is 13.1. The average molecular weight is 263 g/mol. The Morgan fingerprint density at radius 2 is 2.05 bits per heavy atom. The van der Waals surface area contributed by atoms with Gasteiger partial charge in [0.15, 0.2) is 0 Å². The predicted octanol–water partition coefficient (Wildman–Crippen LogP) is 4.33. The molecule has 0 aliphatic heterocycles. The summed E-state index contributed by atoms with van der Waals surface area (Å²) >= 11 is 0. The first-order valence-corrected chi connectivity index (χ1v) is 6.96. The van der Waals surface area contributed by atoms with Crippen molar-refractivity contribution < 1.29 is 4.39 Å². The van der Waals surface area contributed by atoms with Gasteiger partial charge in [0.1, 0.15) is 5.82 Å². The summed E-state index contributed by atoms with van der Waals surface area (Å²) in [4.78, 5) is 7.51. The van der Waals surface area contributed by atoms with E-state index in [2.05, 4.69) is 36.1 Å². The smallest absolute Gasteiger partial charge is 0.201 e. The van der Waals surface area contributed by atoms with Gasteiger partial charge in [-0.2, -0.15) is 0 Å². The van der Waals surface area contributed by atoms with Gasteiger partial charge in [-0.15, -0.1) is 0 Å². The lowest BCUT2D eigenvalue weighted by molar-refractivity contribution is 0.519. The number of nitrogens with one attached hydrogen (secondary N) is 2. The minimum absolute atomic E-state index is 0.243. The Morgan fingerprint density at radius 1 is 1.26 bits per heavy atom. The van der Waals surface area contributed by atoms with Crippen molar-refractivity contribution in [1.29, 1.82) is 0 Å². The maximum Gasteiger partial charge on any atom is 0.201 e. The molecule has 0 aliphatic rings. The van der Waals surface area contributed by atoms with Crippen LogP contribution in [-0.4, -0.2) is 16.0 Å². The summed E-state index contributed by atoms with van der Waals surface area (Å²) in [5.74, 6) is 1.23. The van der Waals surface area contributed by atoms with E-state index in [0.29, 0.717) is 6.04 Å². The van der Waals surface area contributed by atoms with E-state index in [1.54, 1.807) is 6.07 Å². The molecule has 1 heterocycles. The first kappa shape index (κ1) is 13.8. The molecule has 2 aromatic rings. The van der Waals surface area contributed by atoms with Gasteiger partial charge in [0.2, 0.25) is 5.95 Å². The number of aromatic nitrogens is 2. The van der Waals surface area contributed by atoms with Gasteiger partial charge in [-0.3, -0.25) is 0 Å². The number of nitrogens with zero attached hydrogens (tertiary/aromatic N) is 1. The van der Waals surface area contributed by atoms with E-state index in [-0.39, 0.29) is 5.82 Å². The number of benzene rings is 1. The normalized spacial score (nSPS) is 13.1. The molecule has 2 rings (SSSR count). The molecular formula is C15H22FN3. The Hall–Kier alpha value is -1.58. The highest BCUT2D eigenvalue weighted by molar-refractivity contribution is 5.77. The molecule has 19 heavy (non-hydrogen) atoms. The minimum atomic E-state index is -0.243. The van der Waals surface area contributed by atoms with Crippen LogP contribution in [0.5, 0.6) is 0 Å². The van der Waals surface area contributed by atoms with Crippen LogP contribution in [0.25, 0.3) is 11.0 Å². The monoisotopic (exact) mass is 263 g/mol. The number of H-pyrrole nitrogens is 1. The molecule has 0 spiro atoms. The van der Waals surface area contributed by atoms with Crippen LogP contribution in [-0.2, 0) is 0 Å². The van der Waals surface area contributed by atoms with Gasteiger partial charge in [-0.1, -0.05) is 26.7 Å². The van der Waals surface area contributed by atoms with Crippen LogP contribution >= 0.6 is 0 Å². The molecule has 0 bridgehead atoms. The molecule has 0 saturated heterocycles. The van der Waals surface area contributed by atoms with Gasteiger partial charge in [0.05, 0.1) is 11.0 Å². The number of fused-ring (bicyclic) bond motifs is 1. The molecule has 1 atom stereocenters. The number of aromatic amines is 1. The van der Waals surface area contributed by atoms with Crippen LogP contribution in [0.1, 0.15) is 40.0 Å². The number of anilines is 1. The van der Waals surface area contributed by atoms with Crippen molar-refractivity contribution in [1.82, 2.24) is 9.97 Å². The molecule has 0 radical (unpaired) electrons. The molecule has 104 valence electrons. The zero-order valence-electron chi connectivity index (χ0n) is 11.8. The number of hydrogen-bond acceptors (Lipinski definition) is 2. The van der Waals surface area contributed by atoms with Crippen LogP contribution in [0.2, 0.25) is 0 Å². The third kappa shape index (κ3) is 3.94. The number of halogens is 1. The Morgan fingerprint density at radius 3 is 2.79 bits per heavy atom. The SMILES string of the molecule is CC(C)CCCC(C)Nc1nc2ccc(F)cc2[nH]1. The zero-order chi connectivity index (χ0) is 13.8. The van der Waals surface area contributed by atoms with Crippen molar-refractivity contribution in [3.05, 3.63) is 24.0 Å². The third-order valence-corrected chi connectivity index (χ3v) is 3.25. The third-order valence-electron chi connectivity index (χ3n) is 3.25. The highest BCUT2D eigenvalue weighted by Gasteiger charge is 2.07. The molecule has 1 unspecified atom stereocenters. The average Bonchev–Trinajstić information content (AvgIpc) is 2.69. The lowest BCUT2D eigenvalue weighted by atomic mass is 10.0. The zero-order valence-corrected chi connectivity index (χ0v) is 11.8. The van der Waals surface area contributed by atoms with Crippen LogP contribution in [0.3, 0.4) is 0 Å². The van der Waals surface area contributed by atoms with Crippen molar-refractivity contribution in [3.63, 3.8) is 0 Å². The van der Waals surface area contributed by atoms with E-state index < -0.39 is 0 Å². The highest BCUT2D eigenvalue weighted by atomic mass is 19.1. The fourth-order valence-corrected chi connectivity index (χ4v) is 2.19. The second-order valence-electron chi connectivity index (χ2n) is 5.62. The van der Waals surface area contributed by atoms with Gasteiger partial charge >= 0.3 is 0 Å². The molecule has 0 aliphatic carbocycles. The molecule has 4 heteroatoms. The fraction of sp³-hybridized carbons (Fsp3) is 0.533. The molecular weight excluding hydrogens is 241 g/mol. The fourth-order valence-electron chi connectivity index (χ4n) is 2.19. The molecule has 1 aromatic heterocycles. The summed E-state index contributed by atoms with van der Waals surface area (Å²) in [6, 6.07) is 4.95. The van der Waals surface area contributed by atoms with Crippen molar-refractivity contribution in [2.45, 2.75) is 46.1 Å². The summed E-state index contributed by atoms with van der Waals surface area (Å²) in [6.07, 6.45) is 3.57. The Balaban J connectivity index is 1.93. The highest BCUT2D eigenvalue weighted by Crippen LogP contribution is 2.17.